The van der Waals surface area contributed by atoms with Gasteiger partial charge in [0.15, 0.2) is 0 Å². The largest absolute Gasteiger partial charge is 0.469 e. The van der Waals surface area contributed by atoms with Gasteiger partial charge in [-0.15, -0.1) is 0 Å². The summed E-state index contributed by atoms with van der Waals surface area (Å²) in [6.45, 7) is 1.38. The van der Waals surface area contributed by atoms with E-state index in [9.17, 15) is 13.2 Å². The maximum Gasteiger partial charge on any atom is 0.313 e. The molecule has 2 aliphatic rings. The summed E-state index contributed by atoms with van der Waals surface area (Å²) in [5, 5.41) is 1.79. The Kier molecular flexibility index (Phi) is 7.64. The van der Waals surface area contributed by atoms with Gasteiger partial charge in [0.2, 0.25) is 0 Å². The van der Waals surface area contributed by atoms with E-state index in [0.717, 1.165) is 31.1 Å². The van der Waals surface area contributed by atoms with E-state index in [1.165, 1.54) is 7.11 Å². The Morgan fingerprint density at radius 1 is 1.28 bits per heavy atom. The molecule has 2 fully saturated rings. The quantitative estimate of drug-likeness (QED) is 0.335. The maximum absolute atomic E-state index is 12.5. The van der Waals surface area contributed by atoms with Crippen LogP contribution in [0.15, 0.2) is 30.3 Å². The predicted molar refractivity (Wildman–Crippen MR) is 105 cm³/mol. The normalized spacial score (nSPS) is 26.1. The minimum atomic E-state index is -3.74. The third-order valence-electron chi connectivity index (χ3n) is 5.32. The Labute approximate surface area is 172 Å². The van der Waals surface area contributed by atoms with Crippen LogP contribution in [0.3, 0.4) is 0 Å². The lowest BCUT2D eigenvalue weighted by Crippen LogP contribution is -2.43. The average molecular weight is 428 g/mol. The Morgan fingerprint density at radius 2 is 2.03 bits per heavy atom. The fourth-order valence-corrected chi connectivity index (χ4v) is 4.70. The van der Waals surface area contributed by atoms with Gasteiger partial charge in [-0.2, -0.15) is 13.5 Å². The topological polar surface area (TPSA) is 91.4 Å². The third kappa shape index (κ3) is 5.99. The molecular weight excluding hydrogens is 398 g/mol. The van der Waals surface area contributed by atoms with Crippen LogP contribution in [0, 0.1) is 5.92 Å². The minimum Gasteiger partial charge on any atom is -0.469 e. The van der Waals surface area contributed by atoms with Crippen LogP contribution in [0.5, 0.6) is 0 Å². The van der Waals surface area contributed by atoms with Gasteiger partial charge in [-0.05, 0) is 18.4 Å². The van der Waals surface area contributed by atoms with Crippen molar-refractivity contribution in [2.24, 2.45) is 5.92 Å². The predicted octanol–water partition coefficient (Wildman–Crippen LogP) is 1.90. The van der Waals surface area contributed by atoms with E-state index in [2.05, 4.69) is 0 Å². The summed E-state index contributed by atoms with van der Waals surface area (Å²) in [6, 6.07) is 9.57. The number of carbonyl (C=O) groups excluding carboxylic acids is 1. The van der Waals surface area contributed by atoms with Gasteiger partial charge >= 0.3 is 5.97 Å². The lowest BCUT2D eigenvalue weighted by molar-refractivity contribution is -0.191. The molecule has 0 aromatic heterocycles. The summed E-state index contributed by atoms with van der Waals surface area (Å²) in [4.78, 5) is 18.5. The molecule has 0 radical (unpaired) electrons. The van der Waals surface area contributed by atoms with Crippen LogP contribution in [-0.2, 0) is 40.0 Å². The highest BCUT2D eigenvalue weighted by atomic mass is 32.2. The van der Waals surface area contributed by atoms with Gasteiger partial charge in [0, 0.05) is 19.6 Å². The number of carbonyl (C=O) groups is 1. The van der Waals surface area contributed by atoms with Crippen LogP contribution < -0.4 is 0 Å². The molecule has 29 heavy (non-hydrogen) atoms. The van der Waals surface area contributed by atoms with Crippen molar-refractivity contribution in [1.29, 1.82) is 0 Å². The number of nitrogens with zero attached hydrogens (tertiary/aromatic N) is 1. The van der Waals surface area contributed by atoms with Crippen LogP contribution in [0.4, 0.5) is 0 Å². The highest BCUT2D eigenvalue weighted by molar-refractivity contribution is 7.86. The van der Waals surface area contributed by atoms with E-state index < -0.39 is 34.2 Å². The fraction of sp³-hybridized carbons (Fsp3) is 0.650. The Hall–Kier alpha value is -1.52. The first-order chi connectivity index (χ1) is 13.9. The van der Waals surface area contributed by atoms with Crippen molar-refractivity contribution in [2.45, 2.75) is 50.5 Å². The lowest BCUT2D eigenvalue weighted by atomic mass is 9.86. The third-order valence-corrected chi connectivity index (χ3v) is 5.92. The van der Waals surface area contributed by atoms with Crippen LogP contribution in [0.25, 0.3) is 0 Å². The van der Waals surface area contributed by atoms with E-state index in [0.29, 0.717) is 13.2 Å². The number of rotatable bonds is 9. The number of hydrogen-bond donors (Lipinski definition) is 0. The molecule has 3 rings (SSSR count). The summed E-state index contributed by atoms with van der Waals surface area (Å²) < 4.78 is 39.8. The SMILES string of the molecule is COC(=O)[C@H]1[C@H]([C@H](CCOCc2ccccc2)OS(C)(=O)=O)ON2CCCC[C@H]12. The van der Waals surface area contributed by atoms with Gasteiger partial charge < -0.3 is 9.47 Å². The second-order valence-corrected chi connectivity index (χ2v) is 9.09. The van der Waals surface area contributed by atoms with Crippen molar-refractivity contribution in [3.05, 3.63) is 35.9 Å². The van der Waals surface area contributed by atoms with Crippen molar-refractivity contribution in [3.8, 4) is 0 Å². The van der Waals surface area contributed by atoms with Crippen LogP contribution >= 0.6 is 0 Å². The molecular formula is C20H29NO7S. The number of hydrogen-bond acceptors (Lipinski definition) is 8. The monoisotopic (exact) mass is 427 g/mol. The molecule has 0 bridgehead atoms. The zero-order valence-corrected chi connectivity index (χ0v) is 17.7. The minimum absolute atomic E-state index is 0.128. The second kappa shape index (κ2) is 9.99. The first kappa shape index (κ1) is 22.2. The van der Waals surface area contributed by atoms with Crippen LogP contribution in [0.1, 0.15) is 31.2 Å². The van der Waals surface area contributed by atoms with Gasteiger partial charge in [0.1, 0.15) is 18.1 Å². The van der Waals surface area contributed by atoms with Gasteiger partial charge in [0.05, 0.1) is 26.0 Å². The number of piperidine rings is 1. The number of ether oxygens (including phenoxy) is 2. The summed E-state index contributed by atoms with van der Waals surface area (Å²) in [5.74, 6) is -1.00. The lowest BCUT2D eigenvalue weighted by Gasteiger charge is -2.28. The highest BCUT2D eigenvalue weighted by Crippen LogP contribution is 2.38. The van der Waals surface area contributed by atoms with E-state index >= 15 is 0 Å². The number of methoxy groups -OCH3 is 1. The molecule has 1 aromatic rings. The standard InChI is InChI=1S/C20H29NO7S/c1-25-20(22)18-16-10-6-7-12-21(16)27-19(18)17(28-29(2,23)24)11-13-26-14-15-8-4-3-5-9-15/h3-5,8-9,16-19H,6-7,10-14H2,1-2H3/t16-,17+,18-,19+/m1/s1. The molecule has 1 aromatic carbocycles. The number of hydroxylamine groups is 2. The van der Waals surface area contributed by atoms with Crippen LogP contribution in [0.2, 0.25) is 0 Å². The Morgan fingerprint density at radius 3 is 2.72 bits per heavy atom. The van der Waals surface area contributed by atoms with Crippen molar-refractivity contribution in [2.75, 3.05) is 26.5 Å². The molecule has 2 heterocycles. The molecule has 8 nitrogen and oxygen atoms in total. The molecule has 4 atom stereocenters. The number of benzene rings is 1. The molecule has 0 aliphatic carbocycles. The van der Waals surface area contributed by atoms with Gasteiger partial charge in [-0.1, -0.05) is 36.8 Å². The van der Waals surface area contributed by atoms with Crippen molar-refractivity contribution < 1.29 is 31.7 Å². The van der Waals surface area contributed by atoms with Crippen molar-refractivity contribution >= 4 is 16.1 Å². The molecule has 0 spiro atoms. The zero-order chi connectivity index (χ0) is 20.9. The zero-order valence-electron chi connectivity index (χ0n) is 16.9. The van der Waals surface area contributed by atoms with Crippen LogP contribution in [-0.4, -0.2) is 64.2 Å². The molecule has 162 valence electrons. The molecule has 2 saturated heterocycles. The summed E-state index contributed by atoms with van der Waals surface area (Å²) in [7, 11) is -2.41. The molecule has 0 amide bonds. The highest BCUT2D eigenvalue weighted by Gasteiger charge is 2.52. The van der Waals surface area contributed by atoms with Gasteiger partial charge in [-0.25, -0.2) is 0 Å². The maximum atomic E-state index is 12.5. The molecule has 0 unspecified atom stereocenters. The van der Waals surface area contributed by atoms with E-state index in [1.54, 1.807) is 5.06 Å². The van der Waals surface area contributed by atoms with E-state index in [1.807, 2.05) is 30.3 Å². The second-order valence-electron chi connectivity index (χ2n) is 7.49. The van der Waals surface area contributed by atoms with E-state index in [4.69, 9.17) is 18.5 Å². The first-order valence-electron chi connectivity index (χ1n) is 9.90. The summed E-state index contributed by atoms with van der Waals surface area (Å²) >= 11 is 0. The Bertz CT molecular complexity index is 770. The van der Waals surface area contributed by atoms with Gasteiger partial charge in [-0.3, -0.25) is 13.8 Å². The summed E-state index contributed by atoms with van der Waals surface area (Å²) in [6.07, 6.45) is 2.46. The van der Waals surface area contributed by atoms with E-state index in [-0.39, 0.29) is 19.1 Å². The summed E-state index contributed by atoms with van der Waals surface area (Å²) in [5.41, 5.74) is 1.02. The number of fused-ring (bicyclic) bond motifs is 1. The molecule has 0 saturated carbocycles. The molecule has 9 heteroatoms. The molecule has 0 N–H and O–H groups in total. The van der Waals surface area contributed by atoms with Crippen molar-refractivity contribution in [3.63, 3.8) is 0 Å². The molecule has 2 aliphatic heterocycles. The Balaban J connectivity index is 1.69. The van der Waals surface area contributed by atoms with Gasteiger partial charge in [0.25, 0.3) is 10.1 Å². The average Bonchev–Trinajstić information content (AvgIpc) is 3.09. The smallest absolute Gasteiger partial charge is 0.313 e. The number of esters is 1. The first-order valence-corrected chi connectivity index (χ1v) is 11.7. The fourth-order valence-electron chi connectivity index (χ4n) is 4.04. The van der Waals surface area contributed by atoms with Crippen molar-refractivity contribution in [1.82, 2.24) is 5.06 Å².